The van der Waals surface area contributed by atoms with Crippen LogP contribution < -0.4 is 10.1 Å². The van der Waals surface area contributed by atoms with Crippen molar-refractivity contribution in [1.82, 2.24) is 4.90 Å². The van der Waals surface area contributed by atoms with Gasteiger partial charge >= 0.3 is 0 Å². The van der Waals surface area contributed by atoms with Gasteiger partial charge in [-0.15, -0.1) is 0 Å². The van der Waals surface area contributed by atoms with E-state index < -0.39 is 0 Å². The lowest BCUT2D eigenvalue weighted by atomic mass is 9.89. The summed E-state index contributed by atoms with van der Waals surface area (Å²) in [4.78, 5) is 26.3. The molecule has 1 atom stereocenters. The summed E-state index contributed by atoms with van der Waals surface area (Å²) < 4.78 is 5.75. The van der Waals surface area contributed by atoms with Crippen molar-refractivity contribution in [2.45, 2.75) is 26.2 Å². The third kappa shape index (κ3) is 4.88. The molecule has 5 nitrogen and oxygen atoms in total. The SMILES string of the molecule is Cc1ccccc1OCCN(C)C(=O)CCC1Cc2ccccc2NC1=O. The van der Waals surface area contributed by atoms with Gasteiger partial charge in [-0.2, -0.15) is 0 Å². The second-order valence-corrected chi connectivity index (χ2v) is 7.02. The van der Waals surface area contributed by atoms with Gasteiger partial charge < -0.3 is 15.0 Å². The van der Waals surface area contributed by atoms with Gasteiger partial charge in [0.05, 0.1) is 6.54 Å². The molecule has 0 saturated heterocycles. The van der Waals surface area contributed by atoms with Crippen LogP contribution in [0.2, 0.25) is 0 Å². The molecule has 1 N–H and O–H groups in total. The number of nitrogens with one attached hydrogen (secondary N) is 1. The number of aryl methyl sites for hydroxylation is 1. The molecule has 27 heavy (non-hydrogen) atoms. The number of rotatable bonds is 7. The van der Waals surface area contributed by atoms with E-state index in [4.69, 9.17) is 4.74 Å². The summed E-state index contributed by atoms with van der Waals surface area (Å²) in [6, 6.07) is 15.7. The lowest BCUT2D eigenvalue weighted by Crippen LogP contribution is -2.34. The van der Waals surface area contributed by atoms with Crippen LogP contribution in [0.5, 0.6) is 5.75 Å². The highest BCUT2D eigenvalue weighted by Crippen LogP contribution is 2.27. The van der Waals surface area contributed by atoms with Gasteiger partial charge in [0.2, 0.25) is 11.8 Å². The predicted molar refractivity (Wildman–Crippen MR) is 106 cm³/mol. The van der Waals surface area contributed by atoms with Crippen molar-refractivity contribution < 1.29 is 14.3 Å². The summed E-state index contributed by atoms with van der Waals surface area (Å²) in [5, 5.41) is 2.94. The number of amides is 2. The van der Waals surface area contributed by atoms with Gasteiger partial charge in [0, 0.05) is 25.1 Å². The van der Waals surface area contributed by atoms with Gasteiger partial charge in [-0.25, -0.2) is 0 Å². The smallest absolute Gasteiger partial charge is 0.227 e. The number of para-hydroxylation sites is 2. The molecule has 5 heteroatoms. The van der Waals surface area contributed by atoms with Crippen LogP contribution >= 0.6 is 0 Å². The predicted octanol–water partition coefficient (Wildman–Crippen LogP) is 3.42. The highest BCUT2D eigenvalue weighted by Gasteiger charge is 2.26. The molecule has 0 saturated carbocycles. The topological polar surface area (TPSA) is 58.6 Å². The minimum Gasteiger partial charge on any atom is -0.491 e. The van der Waals surface area contributed by atoms with E-state index in [9.17, 15) is 9.59 Å². The van der Waals surface area contributed by atoms with E-state index in [0.717, 1.165) is 22.6 Å². The first-order valence-electron chi connectivity index (χ1n) is 9.36. The Kier molecular flexibility index (Phi) is 6.12. The first-order chi connectivity index (χ1) is 13.0. The van der Waals surface area contributed by atoms with Crippen molar-refractivity contribution in [3.8, 4) is 5.75 Å². The standard InChI is InChI=1S/C22H26N2O3/c1-16-7-3-6-10-20(16)27-14-13-24(2)21(25)12-11-18-15-17-8-4-5-9-19(17)23-22(18)26/h3-10,18H,11-15H2,1-2H3,(H,23,26). The van der Waals surface area contributed by atoms with E-state index in [1.54, 1.807) is 11.9 Å². The molecule has 0 spiro atoms. The summed E-state index contributed by atoms with van der Waals surface area (Å²) in [6.45, 7) is 2.97. The number of anilines is 1. The molecule has 0 radical (unpaired) electrons. The summed E-state index contributed by atoms with van der Waals surface area (Å²) >= 11 is 0. The highest BCUT2D eigenvalue weighted by molar-refractivity contribution is 5.96. The first-order valence-corrected chi connectivity index (χ1v) is 9.36. The van der Waals surface area contributed by atoms with Crippen molar-refractivity contribution in [3.63, 3.8) is 0 Å². The van der Waals surface area contributed by atoms with Gasteiger partial charge in [-0.1, -0.05) is 36.4 Å². The van der Waals surface area contributed by atoms with Gasteiger partial charge in [-0.05, 0) is 43.0 Å². The molecule has 2 amide bonds. The number of carbonyl (C=O) groups is 2. The highest BCUT2D eigenvalue weighted by atomic mass is 16.5. The van der Waals surface area contributed by atoms with Crippen LogP contribution in [0.4, 0.5) is 5.69 Å². The quantitative estimate of drug-likeness (QED) is 0.817. The maximum absolute atomic E-state index is 12.4. The second kappa shape index (κ2) is 8.71. The van der Waals surface area contributed by atoms with Crippen LogP contribution in [0.25, 0.3) is 0 Å². The summed E-state index contributed by atoms with van der Waals surface area (Å²) in [5.74, 6) is 0.735. The Morgan fingerprint density at radius 3 is 2.74 bits per heavy atom. The number of likely N-dealkylation sites (N-methyl/N-ethyl adjacent to an activating group) is 1. The van der Waals surface area contributed by atoms with Gasteiger partial charge in [0.1, 0.15) is 12.4 Å². The zero-order valence-electron chi connectivity index (χ0n) is 15.9. The molecule has 2 aromatic rings. The van der Waals surface area contributed by atoms with E-state index in [2.05, 4.69) is 5.32 Å². The van der Waals surface area contributed by atoms with Gasteiger partial charge in [-0.3, -0.25) is 9.59 Å². The fraction of sp³-hybridized carbons (Fsp3) is 0.364. The largest absolute Gasteiger partial charge is 0.491 e. The number of fused-ring (bicyclic) bond motifs is 1. The average molecular weight is 366 g/mol. The van der Waals surface area contributed by atoms with E-state index in [1.807, 2.05) is 55.5 Å². The normalized spacial score (nSPS) is 15.6. The van der Waals surface area contributed by atoms with Crippen LogP contribution in [0.1, 0.15) is 24.0 Å². The van der Waals surface area contributed by atoms with Gasteiger partial charge in [0.15, 0.2) is 0 Å². The lowest BCUT2D eigenvalue weighted by Gasteiger charge is -2.25. The van der Waals surface area contributed by atoms with Crippen LogP contribution in [-0.2, 0) is 16.0 Å². The molecular formula is C22H26N2O3. The molecule has 0 bridgehead atoms. The Bertz CT molecular complexity index is 819. The van der Waals surface area contributed by atoms with Crippen LogP contribution in [-0.4, -0.2) is 36.9 Å². The van der Waals surface area contributed by atoms with E-state index >= 15 is 0 Å². The van der Waals surface area contributed by atoms with Crippen molar-refractivity contribution >= 4 is 17.5 Å². The monoisotopic (exact) mass is 366 g/mol. The van der Waals surface area contributed by atoms with Crippen molar-refractivity contribution in [1.29, 1.82) is 0 Å². The van der Waals surface area contributed by atoms with E-state index in [1.165, 1.54) is 0 Å². The molecule has 0 fully saturated rings. The molecule has 2 aromatic carbocycles. The van der Waals surface area contributed by atoms with Crippen LogP contribution in [0.3, 0.4) is 0 Å². The Labute approximate surface area is 160 Å². The molecule has 1 aliphatic heterocycles. The van der Waals surface area contributed by atoms with E-state index in [0.29, 0.717) is 32.4 Å². The number of nitrogens with zero attached hydrogens (tertiary/aromatic N) is 1. The van der Waals surface area contributed by atoms with Gasteiger partial charge in [0.25, 0.3) is 0 Å². The number of benzene rings is 2. The zero-order chi connectivity index (χ0) is 19.2. The van der Waals surface area contributed by atoms with Crippen LogP contribution in [0.15, 0.2) is 48.5 Å². The molecule has 1 aliphatic rings. The van der Waals surface area contributed by atoms with Crippen molar-refractivity contribution in [2.24, 2.45) is 5.92 Å². The number of hydrogen-bond acceptors (Lipinski definition) is 3. The number of hydrogen-bond donors (Lipinski definition) is 1. The minimum absolute atomic E-state index is 0.00652. The Hall–Kier alpha value is -2.82. The summed E-state index contributed by atoms with van der Waals surface area (Å²) in [6.07, 6.45) is 1.61. The Morgan fingerprint density at radius 1 is 1.19 bits per heavy atom. The van der Waals surface area contributed by atoms with Crippen molar-refractivity contribution in [3.05, 3.63) is 59.7 Å². The Morgan fingerprint density at radius 2 is 1.93 bits per heavy atom. The maximum Gasteiger partial charge on any atom is 0.227 e. The number of ether oxygens (including phenoxy) is 1. The molecule has 3 rings (SSSR count). The third-order valence-electron chi connectivity index (χ3n) is 5.02. The lowest BCUT2D eigenvalue weighted by molar-refractivity contribution is -0.130. The molecule has 0 aromatic heterocycles. The zero-order valence-corrected chi connectivity index (χ0v) is 15.9. The average Bonchev–Trinajstić information content (AvgIpc) is 2.67. The second-order valence-electron chi connectivity index (χ2n) is 7.02. The molecule has 1 unspecified atom stereocenters. The number of carbonyl (C=O) groups excluding carboxylic acids is 2. The van der Waals surface area contributed by atoms with Crippen molar-refractivity contribution in [2.75, 3.05) is 25.5 Å². The maximum atomic E-state index is 12.4. The molecule has 1 heterocycles. The fourth-order valence-corrected chi connectivity index (χ4v) is 3.27. The molecular weight excluding hydrogens is 340 g/mol. The Balaban J connectivity index is 1.43. The summed E-state index contributed by atoms with van der Waals surface area (Å²) in [7, 11) is 1.78. The third-order valence-corrected chi connectivity index (χ3v) is 5.02. The minimum atomic E-state index is -0.152. The fourth-order valence-electron chi connectivity index (χ4n) is 3.27. The first kappa shape index (κ1) is 19.0. The molecule has 142 valence electrons. The van der Waals surface area contributed by atoms with Crippen LogP contribution in [0, 0.1) is 12.8 Å². The molecule has 0 aliphatic carbocycles. The summed E-state index contributed by atoms with van der Waals surface area (Å²) in [5.41, 5.74) is 3.10. The van der Waals surface area contributed by atoms with E-state index in [-0.39, 0.29) is 17.7 Å².